The number of guanidine groups is 1. The molecule has 5 rings (SSSR count). The molecule has 1 aliphatic rings. The standard InChI is InChI=1S/C29H31N7O5S/c37-27(22-9-12-26-23(17-22)18-34-36(26)16-4-13-30-29-31-14-15-32-29)33-19-25(28(38)39)35-42(40,41)24-10-7-21(8-11-24)20-5-2-1-3-6-20/h1-3,5-12,17-18,25,35H,4,13-16,19H2,(H,33,37)(H,38,39)(H2,30,31,32). The maximum absolute atomic E-state index is 12.9. The van der Waals surface area contributed by atoms with Gasteiger partial charge in [0.1, 0.15) is 6.04 Å². The lowest BCUT2D eigenvalue weighted by atomic mass is 10.1. The van der Waals surface area contributed by atoms with E-state index in [4.69, 9.17) is 0 Å². The van der Waals surface area contributed by atoms with E-state index in [0.717, 1.165) is 54.0 Å². The molecule has 218 valence electrons. The summed E-state index contributed by atoms with van der Waals surface area (Å²) in [6.45, 7) is 2.59. The molecule has 5 N–H and O–H groups in total. The summed E-state index contributed by atoms with van der Waals surface area (Å²) in [7, 11) is -4.16. The van der Waals surface area contributed by atoms with E-state index in [1.807, 2.05) is 35.0 Å². The number of amides is 1. The number of carboxylic acids is 1. The molecule has 1 unspecified atom stereocenters. The predicted octanol–water partition coefficient (Wildman–Crippen LogP) is 1.80. The quantitative estimate of drug-likeness (QED) is 0.156. The first-order valence-electron chi connectivity index (χ1n) is 13.5. The average Bonchev–Trinajstić information content (AvgIpc) is 3.67. The van der Waals surface area contributed by atoms with Crippen LogP contribution in [0.15, 0.2) is 88.9 Å². The Morgan fingerprint density at radius 3 is 2.50 bits per heavy atom. The van der Waals surface area contributed by atoms with Crippen LogP contribution in [0.2, 0.25) is 0 Å². The number of aromatic nitrogens is 2. The molecule has 0 aliphatic carbocycles. The molecule has 1 amide bonds. The maximum Gasteiger partial charge on any atom is 0.323 e. The van der Waals surface area contributed by atoms with Gasteiger partial charge < -0.3 is 21.1 Å². The van der Waals surface area contributed by atoms with Gasteiger partial charge in [-0.2, -0.15) is 9.82 Å². The minimum atomic E-state index is -4.16. The predicted molar refractivity (Wildman–Crippen MR) is 159 cm³/mol. The fraction of sp³-hybridized carbons (Fsp3) is 0.241. The van der Waals surface area contributed by atoms with Gasteiger partial charge in [-0.15, -0.1) is 0 Å². The molecular weight excluding hydrogens is 558 g/mol. The van der Waals surface area contributed by atoms with Crippen LogP contribution in [0.5, 0.6) is 0 Å². The average molecular weight is 590 g/mol. The molecule has 0 saturated carbocycles. The third-order valence-corrected chi connectivity index (χ3v) is 8.24. The first-order valence-corrected chi connectivity index (χ1v) is 14.9. The van der Waals surface area contributed by atoms with Crippen LogP contribution in [0, 0.1) is 0 Å². The Morgan fingerprint density at radius 1 is 1.02 bits per heavy atom. The Bertz CT molecular complexity index is 1700. The number of hydrogen-bond donors (Lipinski definition) is 5. The van der Waals surface area contributed by atoms with E-state index >= 15 is 0 Å². The van der Waals surface area contributed by atoms with Crippen molar-refractivity contribution in [2.24, 2.45) is 4.99 Å². The van der Waals surface area contributed by atoms with Gasteiger partial charge in [-0.1, -0.05) is 42.5 Å². The van der Waals surface area contributed by atoms with E-state index in [1.165, 1.54) is 12.1 Å². The highest BCUT2D eigenvalue weighted by Crippen LogP contribution is 2.21. The van der Waals surface area contributed by atoms with Gasteiger partial charge in [-0.25, -0.2) is 8.42 Å². The number of benzene rings is 3. The second-order valence-corrected chi connectivity index (χ2v) is 11.4. The van der Waals surface area contributed by atoms with Crippen LogP contribution in [0.4, 0.5) is 0 Å². The Kier molecular flexibility index (Phi) is 8.79. The van der Waals surface area contributed by atoms with Crippen molar-refractivity contribution >= 4 is 38.8 Å². The Balaban J connectivity index is 1.17. The van der Waals surface area contributed by atoms with E-state index in [0.29, 0.717) is 12.1 Å². The Labute approximate surface area is 242 Å². The number of aliphatic imine (C=N–C) groups is 1. The highest BCUT2D eigenvalue weighted by molar-refractivity contribution is 7.89. The zero-order chi connectivity index (χ0) is 29.5. The van der Waals surface area contributed by atoms with Crippen LogP contribution < -0.4 is 20.7 Å². The first kappa shape index (κ1) is 28.8. The second-order valence-electron chi connectivity index (χ2n) is 9.69. The van der Waals surface area contributed by atoms with Gasteiger partial charge in [0, 0.05) is 37.1 Å². The molecule has 12 nitrogen and oxygen atoms in total. The van der Waals surface area contributed by atoms with Gasteiger partial charge >= 0.3 is 5.97 Å². The lowest BCUT2D eigenvalue weighted by Crippen LogP contribution is -2.48. The number of aliphatic carboxylic acids is 1. The third kappa shape index (κ3) is 6.93. The zero-order valence-electron chi connectivity index (χ0n) is 22.7. The fourth-order valence-electron chi connectivity index (χ4n) is 4.55. The molecule has 0 saturated heterocycles. The van der Waals surface area contributed by atoms with E-state index in [-0.39, 0.29) is 4.90 Å². The number of hydrogen-bond acceptors (Lipinski definition) is 8. The van der Waals surface area contributed by atoms with E-state index in [2.05, 4.69) is 30.8 Å². The van der Waals surface area contributed by atoms with Gasteiger partial charge in [0.15, 0.2) is 5.96 Å². The van der Waals surface area contributed by atoms with Crippen LogP contribution in [-0.2, 0) is 21.4 Å². The summed E-state index contributed by atoms with van der Waals surface area (Å²) in [6, 6.07) is 19.1. The van der Waals surface area contributed by atoms with Crippen molar-refractivity contribution in [1.29, 1.82) is 0 Å². The Morgan fingerprint density at radius 2 is 1.79 bits per heavy atom. The summed E-state index contributed by atoms with van der Waals surface area (Å²) >= 11 is 0. The number of sulfonamides is 1. The molecule has 0 radical (unpaired) electrons. The van der Waals surface area contributed by atoms with Crippen molar-refractivity contribution in [3.05, 3.63) is 84.6 Å². The third-order valence-electron chi connectivity index (χ3n) is 6.75. The van der Waals surface area contributed by atoms with Crippen molar-refractivity contribution in [1.82, 2.24) is 30.5 Å². The van der Waals surface area contributed by atoms with Crippen LogP contribution in [0.1, 0.15) is 16.8 Å². The van der Waals surface area contributed by atoms with Gasteiger partial charge in [-0.05, 0) is 47.9 Å². The van der Waals surface area contributed by atoms with Crippen molar-refractivity contribution in [3.8, 4) is 11.1 Å². The molecule has 3 aromatic carbocycles. The number of carboxylic acid groups (broad SMARTS) is 1. The summed E-state index contributed by atoms with van der Waals surface area (Å²) in [4.78, 5) is 28.9. The summed E-state index contributed by atoms with van der Waals surface area (Å²) in [5.41, 5.74) is 2.91. The summed E-state index contributed by atoms with van der Waals surface area (Å²) in [5.74, 6) is -1.13. The number of nitrogens with one attached hydrogen (secondary N) is 4. The lowest BCUT2D eigenvalue weighted by Gasteiger charge is -2.16. The van der Waals surface area contributed by atoms with Gasteiger partial charge in [0.05, 0.1) is 23.2 Å². The molecule has 0 bridgehead atoms. The van der Waals surface area contributed by atoms with Crippen molar-refractivity contribution in [3.63, 3.8) is 0 Å². The SMILES string of the molecule is O=C(NCC(NS(=O)(=O)c1ccc(-c2ccccc2)cc1)C(=O)O)c1ccc2c(cnn2CCCNC2=NCCN2)c1. The topological polar surface area (TPSA) is 167 Å². The van der Waals surface area contributed by atoms with E-state index in [1.54, 1.807) is 36.5 Å². The van der Waals surface area contributed by atoms with Crippen LogP contribution in [0.25, 0.3) is 22.0 Å². The van der Waals surface area contributed by atoms with Gasteiger partial charge in [0.2, 0.25) is 10.0 Å². The van der Waals surface area contributed by atoms with Crippen LogP contribution >= 0.6 is 0 Å². The van der Waals surface area contributed by atoms with E-state index < -0.39 is 34.5 Å². The maximum atomic E-state index is 12.9. The normalized spacial score (nSPS) is 13.8. The fourth-order valence-corrected chi connectivity index (χ4v) is 5.74. The monoisotopic (exact) mass is 589 g/mol. The highest BCUT2D eigenvalue weighted by atomic mass is 32.2. The number of carbonyl (C=O) groups is 2. The first-order chi connectivity index (χ1) is 20.3. The van der Waals surface area contributed by atoms with Crippen LogP contribution in [0.3, 0.4) is 0 Å². The number of fused-ring (bicyclic) bond motifs is 1. The van der Waals surface area contributed by atoms with Crippen molar-refractivity contribution < 1.29 is 23.1 Å². The molecule has 1 aliphatic heterocycles. The van der Waals surface area contributed by atoms with Gasteiger partial charge in [-0.3, -0.25) is 19.3 Å². The summed E-state index contributed by atoms with van der Waals surface area (Å²) in [5, 5.41) is 23.7. The lowest BCUT2D eigenvalue weighted by molar-refractivity contribution is -0.138. The summed E-state index contributed by atoms with van der Waals surface area (Å²) < 4.78 is 29.8. The number of rotatable bonds is 12. The minimum Gasteiger partial charge on any atom is -0.480 e. The van der Waals surface area contributed by atoms with Crippen molar-refractivity contribution in [2.75, 3.05) is 26.2 Å². The number of carbonyl (C=O) groups excluding carboxylic acids is 1. The molecule has 13 heteroatoms. The zero-order valence-corrected chi connectivity index (χ0v) is 23.5. The highest BCUT2D eigenvalue weighted by Gasteiger charge is 2.26. The molecule has 0 spiro atoms. The van der Waals surface area contributed by atoms with Crippen molar-refractivity contribution in [2.45, 2.75) is 23.9 Å². The minimum absolute atomic E-state index is 0.0815. The molecule has 2 heterocycles. The molecule has 1 atom stereocenters. The largest absolute Gasteiger partial charge is 0.480 e. The smallest absolute Gasteiger partial charge is 0.323 e. The van der Waals surface area contributed by atoms with E-state index in [9.17, 15) is 23.1 Å². The number of aryl methyl sites for hydroxylation is 1. The van der Waals surface area contributed by atoms with Crippen LogP contribution in [-0.4, -0.2) is 73.4 Å². The Hall–Kier alpha value is -4.75. The second kappa shape index (κ2) is 12.8. The number of nitrogens with zero attached hydrogens (tertiary/aromatic N) is 3. The molecule has 1 aromatic heterocycles. The molecule has 0 fully saturated rings. The summed E-state index contributed by atoms with van der Waals surface area (Å²) in [6.07, 6.45) is 2.49. The van der Waals surface area contributed by atoms with Gasteiger partial charge in [0.25, 0.3) is 5.91 Å². The molecule has 42 heavy (non-hydrogen) atoms. The molecular formula is C29H31N7O5S. The molecule has 4 aromatic rings.